The van der Waals surface area contributed by atoms with Gasteiger partial charge >= 0.3 is 6.01 Å². The van der Waals surface area contributed by atoms with Crippen LogP contribution in [0.3, 0.4) is 0 Å². The normalized spacial score (nSPS) is 11.1. The fourth-order valence-electron chi connectivity index (χ4n) is 2.48. The number of hydrogen-bond acceptors (Lipinski definition) is 8. The number of oxazole rings is 1. The first-order valence-electron chi connectivity index (χ1n) is 7.30. The first-order valence-corrected chi connectivity index (χ1v) is 8.12. The second-order valence-corrected chi connectivity index (χ2v) is 6.42. The molecule has 0 spiro atoms. The molecule has 8 nitrogen and oxygen atoms in total. The quantitative estimate of drug-likeness (QED) is 0.427. The molecule has 0 amide bonds. The van der Waals surface area contributed by atoms with Crippen LogP contribution in [0, 0.1) is 17.0 Å². The monoisotopic (exact) mass is 356 g/mol. The van der Waals surface area contributed by atoms with Crippen molar-refractivity contribution in [2.24, 2.45) is 0 Å². The summed E-state index contributed by atoms with van der Waals surface area (Å²) in [7, 11) is 1.45. The van der Waals surface area contributed by atoms with E-state index in [1.807, 2.05) is 25.1 Å². The minimum atomic E-state index is -0.460. The Morgan fingerprint density at radius 2 is 2.12 bits per heavy atom. The predicted molar refractivity (Wildman–Crippen MR) is 94.9 cm³/mol. The summed E-state index contributed by atoms with van der Waals surface area (Å²) < 4.78 is 11.5. The number of methoxy groups -OCH3 is 1. The lowest BCUT2D eigenvalue weighted by molar-refractivity contribution is -0.384. The highest BCUT2D eigenvalue weighted by atomic mass is 32.1. The molecule has 0 fully saturated rings. The van der Waals surface area contributed by atoms with Gasteiger partial charge in [0, 0.05) is 6.07 Å². The number of thiazole rings is 1. The Balaban J connectivity index is 1.74. The van der Waals surface area contributed by atoms with Crippen molar-refractivity contribution >= 4 is 49.5 Å². The van der Waals surface area contributed by atoms with Crippen LogP contribution in [0.1, 0.15) is 5.56 Å². The first kappa shape index (κ1) is 15.3. The molecule has 4 aromatic rings. The average Bonchev–Trinajstić information content (AvgIpc) is 3.16. The molecule has 4 rings (SSSR count). The van der Waals surface area contributed by atoms with Crippen molar-refractivity contribution in [3.63, 3.8) is 0 Å². The van der Waals surface area contributed by atoms with E-state index in [1.54, 1.807) is 0 Å². The van der Waals surface area contributed by atoms with E-state index in [2.05, 4.69) is 15.3 Å². The number of nitro benzene ring substituents is 1. The summed E-state index contributed by atoms with van der Waals surface area (Å²) in [4.78, 5) is 19.4. The van der Waals surface area contributed by atoms with Gasteiger partial charge in [0.15, 0.2) is 16.5 Å². The van der Waals surface area contributed by atoms with Crippen molar-refractivity contribution in [1.29, 1.82) is 0 Å². The van der Waals surface area contributed by atoms with Crippen molar-refractivity contribution in [1.82, 2.24) is 9.97 Å². The standard InChI is InChI=1S/C16H12N4O4S/c1-8-3-4-10-11(5-8)24-15(17-10)19-16-18-14-12(23-2)6-9(20(21)22)7-13(14)25-16/h3-7H,1-2H3,(H,17,18,19). The zero-order valence-electron chi connectivity index (χ0n) is 13.3. The summed E-state index contributed by atoms with van der Waals surface area (Å²) in [6.45, 7) is 1.97. The number of anilines is 2. The highest BCUT2D eigenvalue weighted by molar-refractivity contribution is 7.22. The molecule has 126 valence electrons. The summed E-state index contributed by atoms with van der Waals surface area (Å²) in [6.07, 6.45) is 0. The van der Waals surface area contributed by atoms with Gasteiger partial charge in [0.05, 0.1) is 22.8 Å². The summed E-state index contributed by atoms with van der Waals surface area (Å²) >= 11 is 1.26. The molecule has 0 unspecified atom stereocenters. The van der Waals surface area contributed by atoms with E-state index in [1.165, 1.54) is 30.6 Å². The fraction of sp³-hybridized carbons (Fsp3) is 0.125. The van der Waals surface area contributed by atoms with Crippen LogP contribution >= 0.6 is 11.3 Å². The van der Waals surface area contributed by atoms with E-state index in [-0.39, 0.29) is 5.69 Å². The van der Waals surface area contributed by atoms with Gasteiger partial charge < -0.3 is 9.15 Å². The van der Waals surface area contributed by atoms with Gasteiger partial charge in [-0.2, -0.15) is 4.98 Å². The van der Waals surface area contributed by atoms with E-state index < -0.39 is 4.92 Å². The van der Waals surface area contributed by atoms with Crippen LogP contribution in [0.15, 0.2) is 34.7 Å². The lowest BCUT2D eigenvalue weighted by atomic mass is 10.2. The van der Waals surface area contributed by atoms with Crippen LogP contribution in [-0.2, 0) is 0 Å². The highest BCUT2D eigenvalue weighted by Crippen LogP contribution is 2.37. The van der Waals surface area contributed by atoms with Gasteiger partial charge in [-0.25, -0.2) is 4.98 Å². The maximum Gasteiger partial charge on any atom is 0.302 e. The molecule has 2 aromatic heterocycles. The van der Waals surface area contributed by atoms with Crippen molar-refractivity contribution < 1.29 is 14.1 Å². The second-order valence-electron chi connectivity index (χ2n) is 5.39. The van der Waals surface area contributed by atoms with Crippen LogP contribution < -0.4 is 10.1 Å². The number of nitrogens with zero attached hydrogens (tertiary/aromatic N) is 3. The number of rotatable bonds is 4. The molecule has 0 bridgehead atoms. The number of hydrogen-bond donors (Lipinski definition) is 1. The SMILES string of the molecule is COc1cc([N+](=O)[O-])cc2sc(Nc3nc4ccc(C)cc4o3)nc12. The molecule has 0 aliphatic carbocycles. The molecule has 0 radical (unpaired) electrons. The van der Waals surface area contributed by atoms with Gasteiger partial charge in [0.25, 0.3) is 5.69 Å². The number of non-ortho nitro benzene ring substituents is 1. The largest absolute Gasteiger partial charge is 0.494 e. The molecule has 0 saturated heterocycles. The Morgan fingerprint density at radius 1 is 1.28 bits per heavy atom. The third-order valence-electron chi connectivity index (χ3n) is 3.63. The van der Waals surface area contributed by atoms with E-state index in [9.17, 15) is 10.1 Å². The molecule has 0 aliphatic rings. The number of aryl methyl sites for hydroxylation is 1. The second kappa shape index (κ2) is 5.71. The third-order valence-corrected chi connectivity index (χ3v) is 4.55. The number of nitro groups is 1. The molecular weight excluding hydrogens is 344 g/mol. The van der Waals surface area contributed by atoms with Gasteiger partial charge in [-0.05, 0) is 24.6 Å². The maximum atomic E-state index is 11.0. The summed E-state index contributed by atoms with van der Waals surface area (Å²) in [6, 6.07) is 8.87. The number of aromatic nitrogens is 2. The average molecular weight is 356 g/mol. The molecule has 0 aliphatic heterocycles. The zero-order valence-corrected chi connectivity index (χ0v) is 14.1. The number of benzene rings is 2. The molecule has 0 saturated carbocycles. The molecular formula is C16H12N4O4S. The van der Waals surface area contributed by atoms with Crippen LogP contribution in [0.2, 0.25) is 0 Å². The Morgan fingerprint density at radius 3 is 2.88 bits per heavy atom. The topological polar surface area (TPSA) is 103 Å². The van der Waals surface area contributed by atoms with Gasteiger partial charge in [-0.3, -0.25) is 15.4 Å². The third kappa shape index (κ3) is 2.74. The summed E-state index contributed by atoms with van der Waals surface area (Å²) in [5.74, 6) is 0.349. The lowest BCUT2D eigenvalue weighted by Crippen LogP contribution is -1.91. The van der Waals surface area contributed by atoms with Crippen molar-refractivity contribution in [3.8, 4) is 5.75 Å². The number of fused-ring (bicyclic) bond motifs is 2. The smallest absolute Gasteiger partial charge is 0.302 e. The van der Waals surface area contributed by atoms with E-state index >= 15 is 0 Å². The minimum Gasteiger partial charge on any atom is -0.494 e. The zero-order chi connectivity index (χ0) is 17.6. The van der Waals surface area contributed by atoms with Crippen molar-refractivity contribution in [3.05, 3.63) is 46.0 Å². The van der Waals surface area contributed by atoms with E-state index in [0.717, 1.165) is 11.1 Å². The Labute approximate surface area is 145 Å². The van der Waals surface area contributed by atoms with Crippen LogP contribution in [0.4, 0.5) is 16.8 Å². The first-order chi connectivity index (χ1) is 12.0. The van der Waals surface area contributed by atoms with Crippen LogP contribution in [0.5, 0.6) is 5.75 Å². The lowest BCUT2D eigenvalue weighted by Gasteiger charge is -1.99. The predicted octanol–water partition coefficient (Wildman–Crippen LogP) is 4.41. The molecule has 9 heteroatoms. The van der Waals surface area contributed by atoms with E-state index in [0.29, 0.717) is 32.7 Å². The summed E-state index contributed by atoms with van der Waals surface area (Å²) in [5, 5.41) is 14.5. The van der Waals surface area contributed by atoms with Gasteiger partial charge in [0.2, 0.25) is 0 Å². The van der Waals surface area contributed by atoms with E-state index in [4.69, 9.17) is 9.15 Å². The molecule has 0 atom stereocenters. The number of nitrogens with one attached hydrogen (secondary N) is 1. The van der Waals surface area contributed by atoms with Gasteiger partial charge in [-0.1, -0.05) is 17.4 Å². The molecule has 1 N–H and O–H groups in total. The fourth-order valence-corrected chi connectivity index (χ4v) is 3.38. The number of ether oxygens (including phenoxy) is 1. The maximum absolute atomic E-state index is 11.0. The van der Waals surface area contributed by atoms with Crippen LogP contribution in [0.25, 0.3) is 21.3 Å². The minimum absolute atomic E-state index is 0.0445. The van der Waals surface area contributed by atoms with Crippen molar-refractivity contribution in [2.45, 2.75) is 6.92 Å². The Kier molecular flexibility index (Phi) is 3.50. The van der Waals surface area contributed by atoms with Crippen LogP contribution in [-0.4, -0.2) is 22.0 Å². The van der Waals surface area contributed by atoms with Gasteiger partial charge in [0.1, 0.15) is 11.0 Å². The van der Waals surface area contributed by atoms with Gasteiger partial charge in [-0.15, -0.1) is 0 Å². The Hall–Kier alpha value is -3.20. The molecule has 2 aromatic carbocycles. The highest BCUT2D eigenvalue weighted by Gasteiger charge is 2.17. The summed E-state index contributed by atoms with van der Waals surface area (Å²) in [5.41, 5.74) is 3.00. The molecule has 2 heterocycles. The van der Waals surface area contributed by atoms with Crippen molar-refractivity contribution in [2.75, 3.05) is 12.4 Å². The Bertz CT molecular complexity index is 1120. The molecule has 25 heavy (non-hydrogen) atoms.